The van der Waals surface area contributed by atoms with Crippen molar-refractivity contribution in [2.24, 2.45) is 11.8 Å². The molecule has 0 radical (unpaired) electrons. The molecule has 3 atom stereocenters. The Kier molecular flexibility index (Phi) is 7.70. The Hall–Kier alpha value is -1.96. The van der Waals surface area contributed by atoms with Gasteiger partial charge < -0.3 is 14.5 Å². The molecule has 192 valence electrons. The highest BCUT2D eigenvalue weighted by atomic mass is 79.9. The molecule has 1 saturated heterocycles. The average Bonchev–Trinajstić information content (AvgIpc) is 3.58. The van der Waals surface area contributed by atoms with Gasteiger partial charge in [0.05, 0.1) is 0 Å². The van der Waals surface area contributed by atoms with Crippen molar-refractivity contribution in [1.29, 1.82) is 0 Å². The lowest BCUT2D eigenvalue weighted by molar-refractivity contribution is -0.132. The molecule has 1 aromatic heterocycles. The molecule has 0 N–H and O–H groups in total. The van der Waals surface area contributed by atoms with Gasteiger partial charge in [-0.15, -0.1) is 11.3 Å². The molecule has 36 heavy (non-hydrogen) atoms. The molecule has 0 unspecified atom stereocenters. The van der Waals surface area contributed by atoms with E-state index in [1.54, 1.807) is 17.4 Å². The van der Waals surface area contributed by atoms with Gasteiger partial charge in [0.25, 0.3) is 0 Å². The van der Waals surface area contributed by atoms with Gasteiger partial charge in [-0.1, -0.05) is 12.1 Å². The first kappa shape index (κ1) is 25.7. The highest BCUT2D eigenvalue weighted by molar-refractivity contribution is 9.10. The zero-order valence-corrected chi connectivity index (χ0v) is 23.5. The standard InChI is InChI=1S/C29H35BrN2O3S/c1-20(33)35-26-5-3-4-22(14-26)29-12-13-32(17-21-6-7-21)18-23(29)8-9-25(16-29)31(2)28(34)11-10-27-15-24(30)19-36-27/h3-5,10-11,14-15,19,21,23,25H,6-9,12-13,16-18H2,1-2H3/b11-10+/t23-,25+,29+/m1/s1. The quantitative estimate of drug-likeness (QED) is 0.228. The van der Waals surface area contributed by atoms with Crippen molar-refractivity contribution in [2.75, 3.05) is 26.7 Å². The molecular weight excluding hydrogens is 536 g/mol. The van der Waals surface area contributed by atoms with Gasteiger partial charge in [0, 0.05) is 59.3 Å². The molecule has 3 aliphatic rings. The molecule has 0 spiro atoms. The van der Waals surface area contributed by atoms with Gasteiger partial charge in [-0.2, -0.15) is 0 Å². The van der Waals surface area contributed by atoms with E-state index in [1.807, 2.05) is 41.6 Å². The van der Waals surface area contributed by atoms with E-state index in [-0.39, 0.29) is 23.3 Å². The number of nitrogens with zero attached hydrogens (tertiary/aromatic N) is 2. The number of ether oxygens (including phenoxy) is 1. The minimum atomic E-state index is -0.295. The number of piperidine rings is 1. The Morgan fingerprint density at radius 2 is 2.08 bits per heavy atom. The molecule has 2 aromatic rings. The second-order valence-corrected chi connectivity index (χ2v) is 12.7. The fourth-order valence-electron chi connectivity index (χ4n) is 6.25. The SMILES string of the molecule is CC(=O)Oc1cccc([C@@]23CCN(CC4CC4)C[C@H]2CC[C@H](N(C)C(=O)/C=C/c2cc(Br)cs2)C3)c1. The Balaban J connectivity index is 1.37. The summed E-state index contributed by atoms with van der Waals surface area (Å²) < 4.78 is 6.51. The predicted molar refractivity (Wildman–Crippen MR) is 148 cm³/mol. The number of esters is 1. The van der Waals surface area contributed by atoms with Crippen LogP contribution in [0.4, 0.5) is 0 Å². The third kappa shape index (κ3) is 5.79. The number of carbonyl (C=O) groups excluding carboxylic acids is 2. The lowest BCUT2D eigenvalue weighted by Gasteiger charge is -2.54. The topological polar surface area (TPSA) is 49.9 Å². The predicted octanol–water partition coefficient (Wildman–Crippen LogP) is 6.13. The zero-order chi connectivity index (χ0) is 25.3. The summed E-state index contributed by atoms with van der Waals surface area (Å²) in [6, 6.07) is 10.4. The van der Waals surface area contributed by atoms with Crippen molar-refractivity contribution < 1.29 is 14.3 Å². The monoisotopic (exact) mass is 570 g/mol. The van der Waals surface area contributed by atoms with Crippen LogP contribution in [-0.2, 0) is 15.0 Å². The van der Waals surface area contributed by atoms with Crippen LogP contribution in [0.25, 0.3) is 6.08 Å². The summed E-state index contributed by atoms with van der Waals surface area (Å²) >= 11 is 5.10. The smallest absolute Gasteiger partial charge is 0.308 e. The van der Waals surface area contributed by atoms with Crippen LogP contribution in [0.1, 0.15) is 55.9 Å². The van der Waals surface area contributed by atoms with Crippen LogP contribution in [0.15, 0.2) is 46.3 Å². The summed E-state index contributed by atoms with van der Waals surface area (Å²) in [5, 5.41) is 2.03. The number of amides is 1. The Morgan fingerprint density at radius 3 is 2.81 bits per heavy atom. The number of hydrogen-bond donors (Lipinski definition) is 0. The second-order valence-electron chi connectivity index (χ2n) is 10.8. The number of benzene rings is 1. The second kappa shape index (κ2) is 10.8. The normalized spacial score (nSPS) is 26.5. The van der Waals surface area contributed by atoms with Gasteiger partial charge in [0.2, 0.25) is 5.91 Å². The van der Waals surface area contributed by atoms with Crippen molar-refractivity contribution in [3.63, 3.8) is 0 Å². The molecule has 2 aliphatic carbocycles. The van der Waals surface area contributed by atoms with E-state index in [2.05, 4.69) is 33.0 Å². The first-order valence-electron chi connectivity index (χ1n) is 13.0. The summed E-state index contributed by atoms with van der Waals surface area (Å²) in [6.45, 7) is 4.88. The van der Waals surface area contributed by atoms with E-state index in [1.165, 1.54) is 31.9 Å². The molecule has 1 amide bonds. The number of rotatable bonds is 7. The minimum absolute atomic E-state index is 0.0179. The Labute approximate surface area is 226 Å². The summed E-state index contributed by atoms with van der Waals surface area (Å²) in [5.74, 6) is 1.80. The van der Waals surface area contributed by atoms with Crippen LogP contribution < -0.4 is 4.74 Å². The number of halogens is 1. The molecule has 5 nitrogen and oxygen atoms in total. The highest BCUT2D eigenvalue weighted by Crippen LogP contribution is 2.51. The third-order valence-electron chi connectivity index (χ3n) is 8.34. The Morgan fingerprint density at radius 1 is 1.25 bits per heavy atom. The lowest BCUT2D eigenvalue weighted by atomic mass is 9.57. The molecule has 1 aliphatic heterocycles. The van der Waals surface area contributed by atoms with Crippen molar-refractivity contribution in [1.82, 2.24) is 9.80 Å². The largest absolute Gasteiger partial charge is 0.427 e. The molecule has 5 rings (SSSR count). The zero-order valence-electron chi connectivity index (χ0n) is 21.1. The van der Waals surface area contributed by atoms with Crippen LogP contribution in [0.3, 0.4) is 0 Å². The minimum Gasteiger partial charge on any atom is -0.427 e. The first-order valence-corrected chi connectivity index (χ1v) is 14.7. The van der Waals surface area contributed by atoms with E-state index < -0.39 is 0 Å². The fraction of sp³-hybridized carbons (Fsp3) is 0.517. The van der Waals surface area contributed by atoms with Crippen LogP contribution in [-0.4, -0.2) is 54.4 Å². The van der Waals surface area contributed by atoms with Crippen LogP contribution in [0.2, 0.25) is 0 Å². The number of hydrogen-bond acceptors (Lipinski definition) is 5. The number of carbonyl (C=O) groups is 2. The molecule has 7 heteroatoms. The summed E-state index contributed by atoms with van der Waals surface area (Å²) in [7, 11) is 1.95. The molecule has 1 aromatic carbocycles. The maximum atomic E-state index is 13.1. The Bertz CT molecular complexity index is 1140. The molecule has 2 heterocycles. The van der Waals surface area contributed by atoms with E-state index in [0.717, 1.165) is 54.0 Å². The van der Waals surface area contributed by atoms with Gasteiger partial charge in [-0.3, -0.25) is 9.59 Å². The van der Waals surface area contributed by atoms with Gasteiger partial charge in [0.1, 0.15) is 5.75 Å². The maximum absolute atomic E-state index is 13.1. The molecular formula is C29H35BrN2O3S. The van der Waals surface area contributed by atoms with E-state index in [9.17, 15) is 9.59 Å². The highest BCUT2D eigenvalue weighted by Gasteiger charge is 2.49. The van der Waals surface area contributed by atoms with Gasteiger partial charge in [-0.05, 0) is 103 Å². The molecule has 3 fully saturated rings. The van der Waals surface area contributed by atoms with E-state index in [4.69, 9.17) is 4.74 Å². The van der Waals surface area contributed by atoms with Crippen molar-refractivity contribution in [3.8, 4) is 5.75 Å². The van der Waals surface area contributed by atoms with E-state index >= 15 is 0 Å². The summed E-state index contributed by atoms with van der Waals surface area (Å²) in [4.78, 5) is 30.5. The third-order valence-corrected chi connectivity index (χ3v) is 10.00. The fourth-order valence-corrected chi connectivity index (χ4v) is 7.59. The number of fused-ring (bicyclic) bond motifs is 1. The van der Waals surface area contributed by atoms with Gasteiger partial charge in [-0.25, -0.2) is 0 Å². The van der Waals surface area contributed by atoms with Crippen LogP contribution >= 0.6 is 27.3 Å². The van der Waals surface area contributed by atoms with E-state index in [0.29, 0.717) is 11.7 Å². The van der Waals surface area contributed by atoms with Gasteiger partial charge in [0.15, 0.2) is 0 Å². The van der Waals surface area contributed by atoms with Crippen LogP contribution in [0, 0.1) is 11.8 Å². The summed E-state index contributed by atoms with van der Waals surface area (Å²) in [5.41, 5.74) is 1.23. The first-order chi connectivity index (χ1) is 17.3. The molecule has 0 bridgehead atoms. The summed E-state index contributed by atoms with van der Waals surface area (Å²) in [6.07, 6.45) is 10.5. The lowest BCUT2D eigenvalue weighted by Crippen LogP contribution is -2.56. The molecule has 2 saturated carbocycles. The number of likely N-dealkylation sites (N-methyl/N-ethyl adjacent to an activating group) is 1. The van der Waals surface area contributed by atoms with Gasteiger partial charge >= 0.3 is 5.97 Å². The maximum Gasteiger partial charge on any atom is 0.308 e. The van der Waals surface area contributed by atoms with Crippen LogP contribution in [0.5, 0.6) is 5.75 Å². The van der Waals surface area contributed by atoms with Crippen molar-refractivity contribution in [3.05, 3.63) is 56.7 Å². The van der Waals surface area contributed by atoms with Crippen molar-refractivity contribution >= 4 is 45.2 Å². The van der Waals surface area contributed by atoms with Crippen molar-refractivity contribution in [2.45, 2.75) is 56.9 Å². The average molecular weight is 572 g/mol. The number of thiophene rings is 1. The number of likely N-dealkylation sites (tertiary alicyclic amines) is 1.